The molecule has 0 aliphatic carbocycles. The lowest BCUT2D eigenvalue weighted by Crippen LogP contribution is -2.40. The minimum atomic E-state index is -1.10. The van der Waals surface area contributed by atoms with Crippen LogP contribution >= 0.6 is 0 Å². The monoisotopic (exact) mass is 298 g/mol. The van der Waals surface area contributed by atoms with E-state index in [1.165, 1.54) is 24.1 Å². The van der Waals surface area contributed by atoms with Crippen molar-refractivity contribution in [3.05, 3.63) is 29.6 Å². The summed E-state index contributed by atoms with van der Waals surface area (Å²) in [5.41, 5.74) is 0.188. The molecule has 0 atom stereocenters. The molecule has 1 aromatic carbocycles. The highest BCUT2D eigenvalue weighted by Gasteiger charge is 2.20. The number of likely N-dealkylation sites (N-methyl/N-ethyl adjacent to an activating group) is 1. The standard InChI is InChI=1S/C14H19FN2O4/c1-16(2)6-7-17(9-13(18)19)14(20)10-4-5-11(15)12(8-10)21-3/h4-5,8H,6-7,9H2,1-3H3,(H,18,19). The number of carbonyl (C=O) groups is 2. The third-order valence-electron chi connectivity index (χ3n) is 2.83. The number of carboxylic acid groups (broad SMARTS) is 1. The van der Waals surface area contributed by atoms with E-state index < -0.39 is 24.2 Å². The van der Waals surface area contributed by atoms with E-state index in [1.54, 1.807) is 0 Å². The molecule has 6 nitrogen and oxygen atoms in total. The van der Waals surface area contributed by atoms with Gasteiger partial charge in [0.05, 0.1) is 7.11 Å². The maximum absolute atomic E-state index is 13.3. The predicted octanol–water partition coefficient (Wildman–Crippen LogP) is 0.923. The summed E-state index contributed by atoms with van der Waals surface area (Å²) in [6, 6.07) is 3.70. The van der Waals surface area contributed by atoms with E-state index in [0.29, 0.717) is 6.54 Å². The fraction of sp³-hybridized carbons (Fsp3) is 0.429. The number of nitrogens with zero attached hydrogens (tertiary/aromatic N) is 2. The van der Waals surface area contributed by atoms with E-state index >= 15 is 0 Å². The van der Waals surface area contributed by atoms with Crippen molar-refractivity contribution < 1.29 is 23.8 Å². The third kappa shape index (κ3) is 5.03. The van der Waals surface area contributed by atoms with E-state index in [1.807, 2.05) is 19.0 Å². The molecule has 0 heterocycles. The molecule has 0 radical (unpaired) electrons. The zero-order valence-corrected chi connectivity index (χ0v) is 12.3. The summed E-state index contributed by atoms with van der Waals surface area (Å²) in [5.74, 6) is -2.20. The van der Waals surface area contributed by atoms with Gasteiger partial charge in [-0.15, -0.1) is 0 Å². The molecule has 0 bridgehead atoms. The summed E-state index contributed by atoms with van der Waals surface area (Å²) in [6.07, 6.45) is 0. The van der Waals surface area contributed by atoms with Gasteiger partial charge in [-0.1, -0.05) is 0 Å². The fourth-order valence-electron chi connectivity index (χ4n) is 1.71. The molecule has 7 heteroatoms. The van der Waals surface area contributed by atoms with E-state index in [9.17, 15) is 14.0 Å². The predicted molar refractivity (Wildman–Crippen MR) is 75.0 cm³/mol. The van der Waals surface area contributed by atoms with Crippen LogP contribution in [0.5, 0.6) is 5.75 Å². The van der Waals surface area contributed by atoms with Crippen LogP contribution in [-0.2, 0) is 4.79 Å². The lowest BCUT2D eigenvalue weighted by Gasteiger charge is -2.23. The van der Waals surface area contributed by atoms with Crippen molar-refractivity contribution in [2.45, 2.75) is 0 Å². The first kappa shape index (κ1) is 16.9. The van der Waals surface area contributed by atoms with Crippen LogP contribution in [0, 0.1) is 5.82 Å². The molecule has 1 aromatic rings. The van der Waals surface area contributed by atoms with Gasteiger partial charge in [-0.05, 0) is 32.3 Å². The summed E-state index contributed by atoms with van der Waals surface area (Å²) < 4.78 is 18.2. The van der Waals surface area contributed by atoms with Crippen molar-refractivity contribution in [3.8, 4) is 5.75 Å². The van der Waals surface area contributed by atoms with Crippen LogP contribution in [0.4, 0.5) is 4.39 Å². The molecule has 21 heavy (non-hydrogen) atoms. The summed E-state index contributed by atoms with van der Waals surface area (Å²) >= 11 is 0. The number of ether oxygens (including phenoxy) is 1. The molecule has 0 aromatic heterocycles. The molecule has 0 aliphatic heterocycles. The Bertz CT molecular complexity index is 520. The van der Waals surface area contributed by atoms with Crippen molar-refractivity contribution in [1.82, 2.24) is 9.80 Å². The summed E-state index contributed by atoms with van der Waals surface area (Å²) in [6.45, 7) is 0.377. The van der Waals surface area contributed by atoms with Gasteiger partial charge < -0.3 is 19.6 Å². The first-order valence-electron chi connectivity index (χ1n) is 6.34. The number of rotatable bonds is 7. The molecule has 1 amide bonds. The third-order valence-corrected chi connectivity index (χ3v) is 2.83. The van der Waals surface area contributed by atoms with Gasteiger partial charge in [-0.25, -0.2) is 4.39 Å². The molecule has 0 saturated carbocycles. The smallest absolute Gasteiger partial charge is 0.323 e. The highest BCUT2D eigenvalue weighted by molar-refractivity contribution is 5.96. The van der Waals surface area contributed by atoms with Gasteiger partial charge in [-0.3, -0.25) is 9.59 Å². The molecule has 0 fully saturated rings. The highest BCUT2D eigenvalue weighted by Crippen LogP contribution is 2.19. The summed E-state index contributed by atoms with van der Waals surface area (Å²) in [4.78, 5) is 26.3. The maximum Gasteiger partial charge on any atom is 0.323 e. The van der Waals surface area contributed by atoms with Gasteiger partial charge in [0.15, 0.2) is 11.6 Å². The van der Waals surface area contributed by atoms with Gasteiger partial charge in [0.1, 0.15) is 6.54 Å². The van der Waals surface area contributed by atoms with Crippen molar-refractivity contribution >= 4 is 11.9 Å². The molecular formula is C14H19FN2O4. The molecule has 1 rings (SSSR count). The Kier molecular flexibility index (Phi) is 6.10. The number of amides is 1. The first-order valence-corrected chi connectivity index (χ1v) is 6.34. The minimum absolute atomic E-state index is 0.0521. The second kappa shape index (κ2) is 7.58. The lowest BCUT2D eigenvalue weighted by molar-refractivity contribution is -0.137. The molecule has 0 spiro atoms. The normalized spacial score (nSPS) is 10.5. The van der Waals surface area contributed by atoms with Gasteiger partial charge in [0, 0.05) is 18.7 Å². The summed E-state index contributed by atoms with van der Waals surface area (Å²) in [7, 11) is 4.95. The first-order chi connectivity index (χ1) is 9.85. The Morgan fingerprint density at radius 1 is 1.29 bits per heavy atom. The van der Waals surface area contributed by atoms with Gasteiger partial charge in [0.25, 0.3) is 5.91 Å². The fourth-order valence-corrected chi connectivity index (χ4v) is 1.71. The number of benzene rings is 1. The average molecular weight is 298 g/mol. The van der Waals surface area contributed by atoms with Gasteiger partial charge >= 0.3 is 5.97 Å². The Balaban J connectivity index is 2.95. The molecule has 0 unspecified atom stereocenters. The number of halogens is 1. The van der Waals surface area contributed by atoms with Crippen LogP contribution in [0.2, 0.25) is 0 Å². The van der Waals surface area contributed by atoms with Crippen LogP contribution in [0.25, 0.3) is 0 Å². The van der Waals surface area contributed by atoms with Crippen LogP contribution in [0.15, 0.2) is 18.2 Å². The quantitative estimate of drug-likeness (QED) is 0.810. The van der Waals surface area contributed by atoms with Crippen molar-refractivity contribution in [3.63, 3.8) is 0 Å². The number of aliphatic carboxylic acids is 1. The Morgan fingerprint density at radius 2 is 1.95 bits per heavy atom. The molecular weight excluding hydrogens is 279 g/mol. The minimum Gasteiger partial charge on any atom is -0.494 e. The van der Waals surface area contributed by atoms with E-state index in [-0.39, 0.29) is 17.9 Å². The van der Waals surface area contributed by atoms with Crippen LogP contribution in [0.1, 0.15) is 10.4 Å². The van der Waals surface area contributed by atoms with E-state index in [0.717, 1.165) is 6.07 Å². The zero-order valence-electron chi connectivity index (χ0n) is 12.3. The number of carbonyl (C=O) groups excluding carboxylic acids is 1. The highest BCUT2D eigenvalue weighted by atomic mass is 19.1. The van der Waals surface area contributed by atoms with E-state index in [4.69, 9.17) is 9.84 Å². The largest absolute Gasteiger partial charge is 0.494 e. The number of methoxy groups -OCH3 is 1. The van der Waals surface area contributed by atoms with Crippen molar-refractivity contribution in [1.29, 1.82) is 0 Å². The Morgan fingerprint density at radius 3 is 2.48 bits per heavy atom. The Labute approximate surface area is 122 Å². The second-order valence-electron chi connectivity index (χ2n) is 4.77. The maximum atomic E-state index is 13.3. The topological polar surface area (TPSA) is 70.1 Å². The average Bonchev–Trinajstić information content (AvgIpc) is 2.42. The zero-order chi connectivity index (χ0) is 16.0. The second-order valence-corrected chi connectivity index (χ2v) is 4.77. The van der Waals surface area contributed by atoms with Crippen LogP contribution in [-0.4, -0.2) is 67.6 Å². The van der Waals surface area contributed by atoms with Crippen molar-refractivity contribution in [2.24, 2.45) is 0 Å². The van der Waals surface area contributed by atoms with E-state index in [2.05, 4.69) is 0 Å². The number of hydrogen-bond donors (Lipinski definition) is 1. The van der Waals surface area contributed by atoms with Crippen LogP contribution < -0.4 is 4.74 Å². The number of hydrogen-bond acceptors (Lipinski definition) is 4. The SMILES string of the molecule is COc1cc(C(=O)N(CCN(C)C)CC(=O)O)ccc1F. The number of carboxylic acids is 1. The molecule has 0 saturated heterocycles. The summed E-state index contributed by atoms with van der Waals surface area (Å²) in [5, 5.41) is 8.90. The van der Waals surface area contributed by atoms with Gasteiger partial charge in [-0.2, -0.15) is 0 Å². The molecule has 0 aliphatic rings. The Hall–Kier alpha value is -2.15. The van der Waals surface area contributed by atoms with Gasteiger partial charge in [0.2, 0.25) is 0 Å². The lowest BCUT2D eigenvalue weighted by atomic mass is 10.1. The van der Waals surface area contributed by atoms with Crippen molar-refractivity contribution in [2.75, 3.05) is 40.8 Å². The molecule has 1 N–H and O–H groups in total. The van der Waals surface area contributed by atoms with Crippen LogP contribution in [0.3, 0.4) is 0 Å². The molecule has 116 valence electrons.